The van der Waals surface area contributed by atoms with Crippen molar-refractivity contribution in [2.75, 3.05) is 7.11 Å². The molecule has 0 aliphatic carbocycles. The van der Waals surface area contributed by atoms with E-state index in [-0.39, 0.29) is 11.7 Å². The zero-order valence-corrected chi connectivity index (χ0v) is 14.8. The van der Waals surface area contributed by atoms with Crippen LogP contribution in [0.15, 0.2) is 53.4 Å². The van der Waals surface area contributed by atoms with Gasteiger partial charge in [0.05, 0.1) is 7.11 Å². The predicted molar refractivity (Wildman–Crippen MR) is 97.5 cm³/mol. The van der Waals surface area contributed by atoms with E-state index in [0.717, 1.165) is 22.6 Å². The maximum Gasteiger partial charge on any atom is 0.220 e. The predicted octanol–water partition coefficient (Wildman–Crippen LogP) is 3.98. The van der Waals surface area contributed by atoms with Gasteiger partial charge in [0.1, 0.15) is 11.5 Å². The molecule has 2 aromatic rings. The fraction of sp³-hybridized carbons (Fsp3) is 0.316. The Morgan fingerprint density at radius 2 is 2.04 bits per heavy atom. The molecule has 0 radical (unpaired) electrons. The zero-order valence-electron chi connectivity index (χ0n) is 14.0. The van der Waals surface area contributed by atoms with Gasteiger partial charge in [-0.3, -0.25) is 4.79 Å². The summed E-state index contributed by atoms with van der Waals surface area (Å²) in [4.78, 5) is 13.0. The molecule has 128 valence electrons. The SMILES string of the molecule is COc1ccccc1CNC(=O)CCC(C)Sc1cccc(O)c1. The average Bonchev–Trinajstić information content (AvgIpc) is 2.58. The van der Waals surface area contributed by atoms with Gasteiger partial charge in [-0.2, -0.15) is 0 Å². The van der Waals surface area contributed by atoms with Gasteiger partial charge in [0.15, 0.2) is 0 Å². The van der Waals surface area contributed by atoms with Crippen molar-refractivity contribution in [2.24, 2.45) is 0 Å². The first-order valence-electron chi connectivity index (χ1n) is 7.92. The zero-order chi connectivity index (χ0) is 17.4. The van der Waals surface area contributed by atoms with Crippen molar-refractivity contribution < 1.29 is 14.6 Å². The van der Waals surface area contributed by atoms with Crippen LogP contribution in [0, 0.1) is 0 Å². The summed E-state index contributed by atoms with van der Waals surface area (Å²) in [6, 6.07) is 14.8. The molecule has 0 heterocycles. The molecule has 0 saturated carbocycles. The number of hydrogen-bond acceptors (Lipinski definition) is 4. The first-order valence-corrected chi connectivity index (χ1v) is 8.80. The number of carbonyl (C=O) groups excluding carboxylic acids is 1. The van der Waals surface area contributed by atoms with Gasteiger partial charge >= 0.3 is 0 Å². The van der Waals surface area contributed by atoms with Crippen LogP contribution in [0.5, 0.6) is 11.5 Å². The summed E-state index contributed by atoms with van der Waals surface area (Å²) in [5, 5.41) is 12.7. The lowest BCUT2D eigenvalue weighted by molar-refractivity contribution is -0.121. The minimum absolute atomic E-state index is 0.0317. The normalized spacial score (nSPS) is 11.8. The van der Waals surface area contributed by atoms with E-state index >= 15 is 0 Å². The van der Waals surface area contributed by atoms with Crippen molar-refractivity contribution in [2.45, 2.75) is 36.5 Å². The maximum absolute atomic E-state index is 12.0. The van der Waals surface area contributed by atoms with E-state index < -0.39 is 0 Å². The Kier molecular flexibility index (Phi) is 7.00. The molecule has 4 nitrogen and oxygen atoms in total. The summed E-state index contributed by atoms with van der Waals surface area (Å²) in [7, 11) is 1.63. The highest BCUT2D eigenvalue weighted by Gasteiger charge is 2.09. The highest BCUT2D eigenvalue weighted by Crippen LogP contribution is 2.28. The van der Waals surface area contributed by atoms with Gasteiger partial charge in [-0.15, -0.1) is 11.8 Å². The molecule has 2 N–H and O–H groups in total. The molecule has 0 bridgehead atoms. The molecule has 0 aliphatic rings. The number of aromatic hydroxyl groups is 1. The third-order valence-electron chi connectivity index (χ3n) is 3.60. The molecule has 0 fully saturated rings. The molecule has 0 aromatic heterocycles. The van der Waals surface area contributed by atoms with Gasteiger partial charge in [-0.1, -0.05) is 31.2 Å². The minimum Gasteiger partial charge on any atom is -0.508 e. The van der Waals surface area contributed by atoms with Gasteiger partial charge in [0.2, 0.25) is 5.91 Å². The smallest absolute Gasteiger partial charge is 0.220 e. The molecule has 5 heteroatoms. The summed E-state index contributed by atoms with van der Waals surface area (Å²) in [5.74, 6) is 1.08. The number of carbonyl (C=O) groups is 1. The highest BCUT2D eigenvalue weighted by molar-refractivity contribution is 7.99. The lowest BCUT2D eigenvalue weighted by atomic mass is 10.2. The standard InChI is InChI=1S/C19H23NO3S/c1-14(24-17-8-5-7-16(21)12-17)10-11-19(22)20-13-15-6-3-4-9-18(15)23-2/h3-9,12,14,21H,10-11,13H2,1-2H3,(H,20,22). The van der Waals surface area contributed by atoms with E-state index in [1.54, 1.807) is 31.0 Å². The van der Waals surface area contributed by atoms with Crippen molar-refractivity contribution in [1.29, 1.82) is 0 Å². The molecule has 2 aromatic carbocycles. The number of nitrogens with one attached hydrogen (secondary N) is 1. The number of amides is 1. The molecule has 0 aliphatic heterocycles. The molecule has 1 amide bonds. The Labute approximate surface area is 147 Å². The fourth-order valence-corrected chi connectivity index (χ4v) is 3.36. The topological polar surface area (TPSA) is 58.6 Å². The number of para-hydroxylation sites is 1. The second-order valence-corrected chi connectivity index (χ2v) is 7.06. The summed E-state index contributed by atoms with van der Waals surface area (Å²) in [5.41, 5.74) is 0.968. The summed E-state index contributed by atoms with van der Waals surface area (Å²) < 4.78 is 5.28. The highest BCUT2D eigenvalue weighted by atomic mass is 32.2. The molecule has 24 heavy (non-hydrogen) atoms. The Morgan fingerprint density at radius 3 is 2.79 bits per heavy atom. The first kappa shape index (κ1) is 18.2. The van der Waals surface area contributed by atoms with Gasteiger partial charge < -0.3 is 15.2 Å². The third-order valence-corrected chi connectivity index (χ3v) is 4.77. The first-order chi connectivity index (χ1) is 11.6. The number of benzene rings is 2. The number of phenolic OH excluding ortho intramolecular Hbond substituents is 1. The van der Waals surface area contributed by atoms with E-state index in [4.69, 9.17) is 4.74 Å². The Balaban J connectivity index is 1.74. The van der Waals surface area contributed by atoms with Crippen LogP contribution in [0.25, 0.3) is 0 Å². The largest absolute Gasteiger partial charge is 0.508 e. The van der Waals surface area contributed by atoms with Crippen LogP contribution < -0.4 is 10.1 Å². The van der Waals surface area contributed by atoms with E-state index in [1.807, 2.05) is 36.4 Å². The lowest BCUT2D eigenvalue weighted by Crippen LogP contribution is -2.23. The quantitative estimate of drug-likeness (QED) is 0.711. The Hall–Kier alpha value is -2.14. The van der Waals surface area contributed by atoms with E-state index in [1.165, 1.54) is 0 Å². The molecule has 1 atom stereocenters. The van der Waals surface area contributed by atoms with Crippen molar-refractivity contribution in [3.05, 3.63) is 54.1 Å². The number of ether oxygens (including phenoxy) is 1. The van der Waals surface area contributed by atoms with Crippen LogP contribution in [0.2, 0.25) is 0 Å². The van der Waals surface area contributed by atoms with Gasteiger partial charge in [0.25, 0.3) is 0 Å². The molecule has 0 saturated heterocycles. The van der Waals surface area contributed by atoms with Crippen molar-refractivity contribution in [3.63, 3.8) is 0 Å². The van der Waals surface area contributed by atoms with Crippen LogP contribution in [0.4, 0.5) is 0 Å². The van der Waals surface area contributed by atoms with Crippen LogP contribution in [-0.2, 0) is 11.3 Å². The van der Waals surface area contributed by atoms with E-state index in [2.05, 4.69) is 12.2 Å². The number of phenols is 1. The third kappa shape index (κ3) is 5.81. The molecule has 2 rings (SSSR count). The van der Waals surface area contributed by atoms with Crippen molar-refractivity contribution in [3.8, 4) is 11.5 Å². The second kappa shape index (κ2) is 9.23. The van der Waals surface area contributed by atoms with Crippen molar-refractivity contribution >= 4 is 17.7 Å². The molecule has 1 unspecified atom stereocenters. The second-order valence-electron chi connectivity index (χ2n) is 5.55. The van der Waals surface area contributed by atoms with E-state index in [0.29, 0.717) is 18.2 Å². The summed E-state index contributed by atoms with van der Waals surface area (Å²) in [6.45, 7) is 2.55. The summed E-state index contributed by atoms with van der Waals surface area (Å²) in [6.07, 6.45) is 1.25. The Bertz CT molecular complexity index is 675. The number of rotatable bonds is 8. The minimum atomic E-state index is 0.0317. The summed E-state index contributed by atoms with van der Waals surface area (Å²) >= 11 is 1.66. The maximum atomic E-state index is 12.0. The number of methoxy groups -OCH3 is 1. The number of thioether (sulfide) groups is 1. The van der Waals surface area contributed by atoms with Crippen LogP contribution in [0.3, 0.4) is 0 Å². The fourth-order valence-electron chi connectivity index (χ4n) is 2.31. The van der Waals surface area contributed by atoms with Gasteiger partial charge in [0, 0.05) is 28.7 Å². The van der Waals surface area contributed by atoms with Crippen LogP contribution >= 0.6 is 11.8 Å². The molecular weight excluding hydrogens is 322 g/mol. The molecular formula is C19H23NO3S. The Morgan fingerprint density at radius 1 is 1.25 bits per heavy atom. The van der Waals surface area contributed by atoms with Crippen LogP contribution in [0.1, 0.15) is 25.3 Å². The average molecular weight is 345 g/mol. The van der Waals surface area contributed by atoms with Gasteiger partial charge in [-0.05, 0) is 30.7 Å². The number of hydrogen-bond donors (Lipinski definition) is 2. The van der Waals surface area contributed by atoms with Crippen LogP contribution in [-0.4, -0.2) is 23.4 Å². The monoisotopic (exact) mass is 345 g/mol. The molecule has 0 spiro atoms. The van der Waals surface area contributed by atoms with Gasteiger partial charge in [-0.25, -0.2) is 0 Å². The van der Waals surface area contributed by atoms with E-state index in [9.17, 15) is 9.90 Å². The van der Waals surface area contributed by atoms with Crippen molar-refractivity contribution in [1.82, 2.24) is 5.32 Å². The lowest BCUT2D eigenvalue weighted by Gasteiger charge is -2.12.